The van der Waals surface area contributed by atoms with Gasteiger partial charge in [-0.2, -0.15) is 0 Å². The monoisotopic (exact) mass is 277 g/mol. The van der Waals surface area contributed by atoms with Crippen molar-refractivity contribution < 1.29 is 9.53 Å². The summed E-state index contributed by atoms with van der Waals surface area (Å²) < 4.78 is 5.29. The second-order valence-corrected chi connectivity index (χ2v) is 5.02. The first-order chi connectivity index (χ1) is 9.84. The topological polar surface area (TPSA) is 54.5 Å². The number of ether oxygens (including phenoxy) is 1. The van der Waals surface area contributed by atoms with E-state index >= 15 is 0 Å². The molecule has 2 rings (SSSR count). The van der Waals surface area contributed by atoms with E-state index in [4.69, 9.17) is 4.74 Å². The summed E-state index contributed by atoms with van der Waals surface area (Å²) in [6.45, 7) is 5.19. The molecule has 0 spiro atoms. The van der Waals surface area contributed by atoms with Gasteiger partial charge in [0.25, 0.3) is 0 Å². The summed E-state index contributed by atoms with van der Waals surface area (Å²) >= 11 is 0. The molecule has 1 aliphatic heterocycles. The average Bonchev–Trinajstić information content (AvgIpc) is 2.49. The van der Waals surface area contributed by atoms with Crippen molar-refractivity contribution in [3.63, 3.8) is 0 Å². The Labute approximate surface area is 120 Å². The van der Waals surface area contributed by atoms with Gasteiger partial charge in [-0.05, 0) is 24.5 Å². The molecule has 0 bridgehead atoms. The molecule has 1 amide bonds. The van der Waals surface area contributed by atoms with Crippen LogP contribution in [0.1, 0.15) is 18.4 Å². The minimum atomic E-state index is 0.141. The van der Waals surface area contributed by atoms with Crippen molar-refractivity contribution in [1.29, 1.82) is 0 Å². The lowest BCUT2D eigenvalue weighted by Crippen LogP contribution is -2.41. The van der Waals surface area contributed by atoms with Gasteiger partial charge in [0.1, 0.15) is 0 Å². The first kappa shape index (κ1) is 14.9. The molecule has 0 aliphatic carbocycles. The molecular weight excluding hydrogens is 254 g/mol. The Balaban J connectivity index is 1.52. The molecule has 110 valence electrons. The van der Waals surface area contributed by atoms with Gasteiger partial charge in [-0.3, -0.25) is 14.7 Å². The van der Waals surface area contributed by atoms with Crippen LogP contribution in [-0.4, -0.2) is 55.2 Å². The summed E-state index contributed by atoms with van der Waals surface area (Å²) in [4.78, 5) is 18.1. The second kappa shape index (κ2) is 8.66. The third kappa shape index (κ3) is 5.67. The normalized spacial score (nSPS) is 16.0. The Morgan fingerprint density at radius 2 is 2.25 bits per heavy atom. The molecule has 5 heteroatoms. The minimum Gasteiger partial charge on any atom is -0.379 e. The van der Waals surface area contributed by atoms with Gasteiger partial charge in [-0.25, -0.2) is 0 Å². The van der Waals surface area contributed by atoms with Crippen LogP contribution in [0.5, 0.6) is 0 Å². The quantitative estimate of drug-likeness (QED) is 0.803. The number of amides is 1. The van der Waals surface area contributed by atoms with Crippen LogP contribution in [0.15, 0.2) is 24.5 Å². The molecule has 1 saturated heterocycles. The summed E-state index contributed by atoms with van der Waals surface area (Å²) in [7, 11) is 0. The van der Waals surface area contributed by atoms with E-state index in [-0.39, 0.29) is 5.91 Å². The highest BCUT2D eigenvalue weighted by atomic mass is 16.5. The number of morpholine rings is 1. The first-order valence-electron chi connectivity index (χ1n) is 7.30. The third-order valence-electron chi connectivity index (χ3n) is 3.45. The Morgan fingerprint density at radius 1 is 1.40 bits per heavy atom. The Hall–Kier alpha value is -1.46. The number of pyridine rings is 1. The average molecular weight is 277 g/mol. The predicted octanol–water partition coefficient (Wildman–Crippen LogP) is 0.853. The molecule has 2 heterocycles. The molecule has 1 aromatic rings. The van der Waals surface area contributed by atoms with Crippen LogP contribution in [0.3, 0.4) is 0 Å². The van der Waals surface area contributed by atoms with Crippen molar-refractivity contribution in [2.45, 2.75) is 19.3 Å². The zero-order valence-corrected chi connectivity index (χ0v) is 11.9. The van der Waals surface area contributed by atoms with Gasteiger partial charge in [0.05, 0.1) is 13.2 Å². The van der Waals surface area contributed by atoms with Crippen molar-refractivity contribution in [2.75, 3.05) is 39.4 Å². The largest absolute Gasteiger partial charge is 0.379 e. The number of nitrogens with zero attached hydrogens (tertiary/aromatic N) is 2. The molecule has 1 aliphatic rings. The van der Waals surface area contributed by atoms with Gasteiger partial charge in [-0.15, -0.1) is 0 Å². The van der Waals surface area contributed by atoms with Gasteiger partial charge >= 0.3 is 0 Å². The summed E-state index contributed by atoms with van der Waals surface area (Å²) in [6.07, 6.45) is 5.98. The van der Waals surface area contributed by atoms with Gasteiger partial charge in [-0.1, -0.05) is 6.07 Å². The van der Waals surface area contributed by atoms with Crippen LogP contribution in [0.4, 0.5) is 0 Å². The lowest BCUT2D eigenvalue weighted by Gasteiger charge is -2.26. The third-order valence-corrected chi connectivity index (χ3v) is 3.45. The molecule has 20 heavy (non-hydrogen) atoms. The maximum atomic E-state index is 11.7. The molecule has 0 atom stereocenters. The highest BCUT2D eigenvalue weighted by Crippen LogP contribution is 2.02. The Kier molecular flexibility index (Phi) is 6.47. The molecule has 0 saturated carbocycles. The molecule has 0 radical (unpaired) electrons. The van der Waals surface area contributed by atoms with Crippen molar-refractivity contribution in [3.8, 4) is 0 Å². The van der Waals surface area contributed by atoms with Crippen molar-refractivity contribution in [1.82, 2.24) is 15.2 Å². The van der Waals surface area contributed by atoms with E-state index in [1.165, 1.54) is 5.56 Å². The number of carbonyl (C=O) groups is 1. The zero-order valence-electron chi connectivity index (χ0n) is 11.9. The standard InChI is InChI=1S/C15H23N3O2/c19-15(5-1-3-14-4-2-6-16-13-14)17-7-8-18-9-11-20-12-10-18/h2,4,6,13H,1,3,5,7-12H2,(H,17,19). The van der Waals surface area contributed by atoms with E-state index < -0.39 is 0 Å². The summed E-state index contributed by atoms with van der Waals surface area (Å²) in [5.74, 6) is 0.141. The van der Waals surface area contributed by atoms with E-state index in [1.807, 2.05) is 18.3 Å². The van der Waals surface area contributed by atoms with E-state index in [1.54, 1.807) is 6.20 Å². The SMILES string of the molecule is O=C(CCCc1cccnc1)NCCN1CCOCC1. The number of aromatic nitrogens is 1. The fraction of sp³-hybridized carbons (Fsp3) is 0.600. The molecule has 1 fully saturated rings. The van der Waals surface area contributed by atoms with Crippen LogP contribution in [0, 0.1) is 0 Å². The number of nitrogens with one attached hydrogen (secondary N) is 1. The van der Waals surface area contributed by atoms with E-state index in [0.29, 0.717) is 6.42 Å². The first-order valence-corrected chi connectivity index (χ1v) is 7.30. The Bertz CT molecular complexity index is 391. The summed E-state index contributed by atoms with van der Waals surface area (Å²) in [5.41, 5.74) is 1.19. The molecule has 0 unspecified atom stereocenters. The predicted molar refractivity (Wildman–Crippen MR) is 77.4 cm³/mol. The fourth-order valence-electron chi connectivity index (χ4n) is 2.27. The number of hydrogen-bond acceptors (Lipinski definition) is 4. The maximum Gasteiger partial charge on any atom is 0.220 e. The zero-order chi connectivity index (χ0) is 14.0. The number of carbonyl (C=O) groups excluding carboxylic acids is 1. The van der Waals surface area contributed by atoms with Gasteiger partial charge in [0, 0.05) is 45.0 Å². The molecule has 5 nitrogen and oxygen atoms in total. The van der Waals surface area contributed by atoms with Crippen LogP contribution < -0.4 is 5.32 Å². The van der Waals surface area contributed by atoms with Crippen LogP contribution in [0.25, 0.3) is 0 Å². The van der Waals surface area contributed by atoms with Crippen molar-refractivity contribution in [2.24, 2.45) is 0 Å². The van der Waals surface area contributed by atoms with Crippen LogP contribution in [0.2, 0.25) is 0 Å². The number of rotatable bonds is 7. The lowest BCUT2D eigenvalue weighted by atomic mass is 10.1. The molecule has 1 aromatic heterocycles. The highest BCUT2D eigenvalue weighted by molar-refractivity contribution is 5.75. The van der Waals surface area contributed by atoms with E-state index in [2.05, 4.69) is 15.2 Å². The molecule has 0 aromatic carbocycles. The number of aryl methyl sites for hydroxylation is 1. The van der Waals surface area contributed by atoms with Crippen molar-refractivity contribution in [3.05, 3.63) is 30.1 Å². The minimum absolute atomic E-state index is 0.141. The van der Waals surface area contributed by atoms with Gasteiger partial charge < -0.3 is 10.1 Å². The number of hydrogen-bond donors (Lipinski definition) is 1. The van der Waals surface area contributed by atoms with Crippen LogP contribution in [-0.2, 0) is 16.0 Å². The highest BCUT2D eigenvalue weighted by Gasteiger charge is 2.09. The van der Waals surface area contributed by atoms with E-state index in [0.717, 1.165) is 52.2 Å². The fourth-order valence-corrected chi connectivity index (χ4v) is 2.27. The maximum absolute atomic E-state index is 11.7. The molecule has 1 N–H and O–H groups in total. The van der Waals surface area contributed by atoms with E-state index in [9.17, 15) is 4.79 Å². The Morgan fingerprint density at radius 3 is 3.00 bits per heavy atom. The molecular formula is C15H23N3O2. The lowest BCUT2D eigenvalue weighted by molar-refractivity contribution is -0.121. The van der Waals surface area contributed by atoms with Crippen LogP contribution >= 0.6 is 0 Å². The van der Waals surface area contributed by atoms with Gasteiger partial charge in [0.15, 0.2) is 0 Å². The summed E-state index contributed by atoms with van der Waals surface area (Å²) in [6, 6.07) is 3.97. The van der Waals surface area contributed by atoms with Gasteiger partial charge in [0.2, 0.25) is 5.91 Å². The smallest absolute Gasteiger partial charge is 0.220 e. The summed E-state index contributed by atoms with van der Waals surface area (Å²) in [5, 5.41) is 2.98. The van der Waals surface area contributed by atoms with Crippen molar-refractivity contribution >= 4 is 5.91 Å². The second-order valence-electron chi connectivity index (χ2n) is 5.02.